The zero-order valence-corrected chi connectivity index (χ0v) is 28.1. The highest BCUT2D eigenvalue weighted by Gasteiger charge is 2.18. The van der Waals surface area contributed by atoms with Crippen LogP contribution in [0.15, 0.2) is 182 Å². The molecule has 242 valence electrons. The molecule has 4 heteroatoms. The molecule has 0 amide bonds. The van der Waals surface area contributed by atoms with Gasteiger partial charge in [-0.05, 0) is 89.0 Å². The van der Waals surface area contributed by atoms with Crippen molar-refractivity contribution in [2.45, 2.75) is 0 Å². The first-order valence-electron chi connectivity index (χ1n) is 17.7. The van der Waals surface area contributed by atoms with Gasteiger partial charge in [0.1, 0.15) is 0 Å². The summed E-state index contributed by atoms with van der Waals surface area (Å²) < 4.78 is 4.68. The SMILES string of the molecule is c1ccc(-n2c3ccc(-c4cccc(-c5ccc6c(c5)c5c7ccccc7ncc5n6-c5ccccc5)c4)cc3c3c4ccccc4ncc32)cc1. The monoisotopic (exact) mass is 662 g/mol. The Hall–Kier alpha value is -7.04. The van der Waals surface area contributed by atoms with E-state index in [1.165, 1.54) is 54.8 Å². The lowest BCUT2D eigenvalue weighted by Gasteiger charge is -2.10. The summed E-state index contributed by atoms with van der Waals surface area (Å²) in [6.45, 7) is 0. The fourth-order valence-corrected chi connectivity index (χ4v) is 8.24. The fraction of sp³-hybridized carbons (Fsp3) is 0. The summed E-state index contributed by atoms with van der Waals surface area (Å²) in [5, 5.41) is 7.22. The standard InChI is InChI=1S/C48H30N4/c1-3-14-35(15-4-1)51-43-24-22-33(27-39(43)47-37-18-7-9-20-41(37)49-29-45(47)51)31-12-11-13-32(26-31)34-23-25-44-40(28-34)48-38-19-8-10-21-42(38)50-30-46(48)52(44)36-16-5-2-6-17-36/h1-30H. The molecule has 0 aliphatic carbocycles. The van der Waals surface area contributed by atoms with Crippen LogP contribution in [0.4, 0.5) is 0 Å². The van der Waals surface area contributed by atoms with Crippen LogP contribution < -0.4 is 0 Å². The molecule has 0 spiro atoms. The summed E-state index contributed by atoms with van der Waals surface area (Å²) in [5.74, 6) is 0. The Balaban J connectivity index is 1.11. The van der Waals surface area contributed by atoms with Gasteiger partial charge in [-0.25, -0.2) is 0 Å². The second kappa shape index (κ2) is 11.2. The number of hydrogen-bond donors (Lipinski definition) is 0. The average Bonchev–Trinajstić information content (AvgIpc) is 3.74. The Kier molecular flexibility index (Phi) is 6.22. The molecule has 0 bridgehead atoms. The second-order valence-corrected chi connectivity index (χ2v) is 13.5. The Morgan fingerprint density at radius 2 is 0.731 bits per heavy atom. The van der Waals surface area contributed by atoms with E-state index < -0.39 is 0 Å². The van der Waals surface area contributed by atoms with Crippen LogP contribution in [-0.4, -0.2) is 19.1 Å². The molecule has 0 aliphatic rings. The summed E-state index contributed by atoms with van der Waals surface area (Å²) in [5.41, 5.74) is 13.5. The second-order valence-electron chi connectivity index (χ2n) is 13.5. The van der Waals surface area contributed by atoms with Gasteiger partial charge in [0.05, 0.1) is 45.5 Å². The van der Waals surface area contributed by atoms with Gasteiger partial charge in [0.25, 0.3) is 0 Å². The lowest BCUT2D eigenvalue weighted by atomic mass is 9.96. The van der Waals surface area contributed by atoms with Crippen LogP contribution in [0, 0.1) is 0 Å². The van der Waals surface area contributed by atoms with Crippen molar-refractivity contribution in [3.63, 3.8) is 0 Å². The maximum absolute atomic E-state index is 4.87. The highest BCUT2D eigenvalue weighted by molar-refractivity contribution is 6.22. The third-order valence-corrected chi connectivity index (χ3v) is 10.6. The number of hydrogen-bond acceptors (Lipinski definition) is 2. The van der Waals surface area contributed by atoms with E-state index in [-0.39, 0.29) is 0 Å². The summed E-state index contributed by atoms with van der Waals surface area (Å²) in [6, 6.07) is 60.8. The van der Waals surface area contributed by atoms with Crippen LogP contribution >= 0.6 is 0 Å². The molecule has 0 unspecified atom stereocenters. The highest BCUT2D eigenvalue weighted by Crippen LogP contribution is 2.40. The molecular formula is C48H30N4. The van der Waals surface area contributed by atoms with Crippen LogP contribution in [-0.2, 0) is 0 Å². The number of para-hydroxylation sites is 4. The minimum atomic E-state index is 1.00. The van der Waals surface area contributed by atoms with Gasteiger partial charge in [0.2, 0.25) is 0 Å². The molecule has 11 aromatic rings. The van der Waals surface area contributed by atoms with Gasteiger partial charge in [0, 0.05) is 43.7 Å². The largest absolute Gasteiger partial charge is 0.308 e. The Morgan fingerprint density at radius 1 is 0.308 bits per heavy atom. The zero-order chi connectivity index (χ0) is 34.2. The first-order valence-corrected chi connectivity index (χ1v) is 17.7. The van der Waals surface area contributed by atoms with Crippen LogP contribution in [0.2, 0.25) is 0 Å². The van der Waals surface area contributed by atoms with Gasteiger partial charge in [-0.2, -0.15) is 0 Å². The van der Waals surface area contributed by atoms with Gasteiger partial charge >= 0.3 is 0 Å². The highest BCUT2D eigenvalue weighted by atomic mass is 15.0. The Morgan fingerprint density at radius 3 is 1.21 bits per heavy atom. The zero-order valence-electron chi connectivity index (χ0n) is 28.1. The fourth-order valence-electron chi connectivity index (χ4n) is 8.24. The minimum Gasteiger partial charge on any atom is -0.308 e. The number of benzene rings is 7. The number of pyridine rings is 2. The maximum atomic E-state index is 4.87. The smallest absolute Gasteiger partial charge is 0.0730 e. The van der Waals surface area contributed by atoms with Crippen molar-refractivity contribution in [3.8, 4) is 33.6 Å². The van der Waals surface area contributed by atoms with Gasteiger partial charge in [-0.3, -0.25) is 9.97 Å². The van der Waals surface area contributed by atoms with Crippen molar-refractivity contribution in [2.75, 3.05) is 0 Å². The minimum absolute atomic E-state index is 1.00. The van der Waals surface area contributed by atoms with E-state index in [2.05, 4.69) is 179 Å². The van der Waals surface area contributed by atoms with Gasteiger partial charge < -0.3 is 9.13 Å². The van der Waals surface area contributed by atoms with Gasteiger partial charge in [0.15, 0.2) is 0 Å². The van der Waals surface area contributed by atoms with Crippen molar-refractivity contribution in [3.05, 3.63) is 182 Å². The Bertz CT molecular complexity index is 2960. The molecule has 0 radical (unpaired) electrons. The maximum Gasteiger partial charge on any atom is 0.0730 e. The van der Waals surface area contributed by atoms with Crippen LogP contribution in [0.25, 0.3) is 99.0 Å². The molecule has 52 heavy (non-hydrogen) atoms. The molecule has 0 fully saturated rings. The van der Waals surface area contributed by atoms with Crippen molar-refractivity contribution in [1.82, 2.24) is 19.1 Å². The summed E-state index contributed by atoms with van der Waals surface area (Å²) in [7, 11) is 0. The van der Waals surface area contributed by atoms with Crippen molar-refractivity contribution in [2.24, 2.45) is 0 Å². The predicted molar refractivity (Wildman–Crippen MR) is 217 cm³/mol. The van der Waals surface area contributed by atoms with E-state index in [1.54, 1.807) is 0 Å². The number of rotatable bonds is 4. The van der Waals surface area contributed by atoms with E-state index in [4.69, 9.17) is 9.97 Å². The molecule has 7 aromatic carbocycles. The predicted octanol–water partition coefficient (Wildman–Crippen LogP) is 12.3. The summed E-state index contributed by atoms with van der Waals surface area (Å²) in [6.07, 6.45) is 4.05. The molecule has 4 aromatic heterocycles. The third kappa shape index (κ3) is 4.28. The summed E-state index contributed by atoms with van der Waals surface area (Å²) in [4.78, 5) is 9.73. The molecule has 11 rings (SSSR count). The summed E-state index contributed by atoms with van der Waals surface area (Å²) >= 11 is 0. The lowest BCUT2D eigenvalue weighted by Crippen LogP contribution is -1.93. The van der Waals surface area contributed by atoms with Crippen LogP contribution in [0.3, 0.4) is 0 Å². The van der Waals surface area contributed by atoms with Crippen LogP contribution in [0.5, 0.6) is 0 Å². The van der Waals surface area contributed by atoms with Gasteiger partial charge in [-0.1, -0.05) is 103 Å². The molecule has 0 atom stereocenters. The quantitative estimate of drug-likeness (QED) is 0.188. The van der Waals surface area contributed by atoms with Crippen molar-refractivity contribution in [1.29, 1.82) is 0 Å². The molecule has 4 heterocycles. The molecule has 0 saturated carbocycles. The first-order chi connectivity index (χ1) is 25.8. The number of fused-ring (bicyclic) bond motifs is 10. The average molecular weight is 663 g/mol. The lowest BCUT2D eigenvalue weighted by molar-refractivity contribution is 1.17. The van der Waals surface area contributed by atoms with Gasteiger partial charge in [-0.15, -0.1) is 0 Å². The topological polar surface area (TPSA) is 35.6 Å². The normalized spacial score (nSPS) is 11.8. The van der Waals surface area contributed by atoms with E-state index in [1.807, 2.05) is 12.4 Å². The molecule has 4 nitrogen and oxygen atoms in total. The van der Waals surface area contributed by atoms with E-state index in [0.717, 1.165) is 44.2 Å². The Labute approximate surface area is 299 Å². The van der Waals surface area contributed by atoms with Crippen LogP contribution in [0.1, 0.15) is 0 Å². The van der Waals surface area contributed by atoms with E-state index >= 15 is 0 Å². The third-order valence-electron chi connectivity index (χ3n) is 10.6. The molecule has 0 aliphatic heterocycles. The van der Waals surface area contributed by atoms with Crippen molar-refractivity contribution >= 4 is 65.4 Å². The van der Waals surface area contributed by atoms with E-state index in [0.29, 0.717) is 0 Å². The molecular weight excluding hydrogens is 633 g/mol. The number of nitrogens with zero attached hydrogens (tertiary/aromatic N) is 4. The molecule has 0 saturated heterocycles. The molecule has 0 N–H and O–H groups in total. The van der Waals surface area contributed by atoms with Crippen molar-refractivity contribution < 1.29 is 0 Å². The first kappa shape index (κ1) is 28.8. The van der Waals surface area contributed by atoms with E-state index in [9.17, 15) is 0 Å². The number of aromatic nitrogens is 4.